The Morgan fingerprint density at radius 3 is 1.89 bits per heavy atom. The largest absolute Gasteiger partial charge is 0.394 e. The minimum atomic E-state index is -1.22. The minimum absolute atomic E-state index is 0.0819. The summed E-state index contributed by atoms with van der Waals surface area (Å²) in [6.45, 7) is 2.32. The van der Waals surface area contributed by atoms with E-state index in [9.17, 15) is 20.4 Å². The quantitative estimate of drug-likeness (QED) is 0.291. The van der Waals surface area contributed by atoms with Crippen LogP contribution in [0.15, 0.2) is 0 Å². The normalized spacial score (nSPS) is 18.3. The average Bonchev–Trinajstić information content (AvgIpc) is 2.42. The Morgan fingerprint density at radius 2 is 1.47 bits per heavy atom. The number of aliphatic hydroxyl groups is 5. The zero-order valence-corrected chi connectivity index (χ0v) is 11.6. The maximum absolute atomic E-state index is 9.77. The van der Waals surface area contributed by atoms with Gasteiger partial charge in [0.25, 0.3) is 0 Å². The molecular formula is C12H27NO6. The van der Waals surface area contributed by atoms with E-state index in [2.05, 4.69) is 0 Å². The summed E-state index contributed by atoms with van der Waals surface area (Å²) in [5.74, 6) is 0. The Labute approximate surface area is 114 Å². The smallest absolute Gasteiger partial charge is 0.104 e. The number of aliphatic hydroxyl groups excluding tert-OH is 5. The number of rotatable bonds is 11. The molecule has 0 saturated carbocycles. The number of nitrogens with zero attached hydrogens (tertiary/aromatic N) is 1. The summed E-state index contributed by atoms with van der Waals surface area (Å²) in [6.07, 6.45) is -3.67. The van der Waals surface area contributed by atoms with Crippen LogP contribution in [0.25, 0.3) is 0 Å². The van der Waals surface area contributed by atoms with Crippen molar-refractivity contribution in [3.63, 3.8) is 0 Å². The zero-order chi connectivity index (χ0) is 14.8. The first kappa shape index (κ1) is 18.7. The van der Waals surface area contributed by atoms with Crippen LogP contribution in [0.3, 0.4) is 0 Å². The third-order valence-corrected chi connectivity index (χ3v) is 3.00. The lowest BCUT2D eigenvalue weighted by Gasteiger charge is -2.29. The number of methoxy groups -OCH3 is 1. The Bertz CT molecular complexity index is 200. The van der Waals surface area contributed by atoms with E-state index in [1.165, 1.54) is 7.11 Å². The first-order valence-electron chi connectivity index (χ1n) is 6.50. The summed E-state index contributed by atoms with van der Waals surface area (Å²) in [7, 11) is 1.54. The van der Waals surface area contributed by atoms with Crippen LogP contribution >= 0.6 is 0 Å². The highest BCUT2D eigenvalue weighted by Gasteiger charge is 2.23. The molecule has 19 heavy (non-hydrogen) atoms. The molecule has 0 aromatic rings. The summed E-state index contributed by atoms with van der Waals surface area (Å²) in [5.41, 5.74) is 0. The fourth-order valence-corrected chi connectivity index (χ4v) is 1.64. The van der Waals surface area contributed by atoms with Gasteiger partial charge >= 0.3 is 0 Å². The van der Waals surface area contributed by atoms with Gasteiger partial charge in [0.2, 0.25) is 0 Å². The summed E-state index contributed by atoms with van der Waals surface area (Å²) in [5, 5.41) is 47.0. The third-order valence-electron chi connectivity index (χ3n) is 3.00. The molecule has 7 heteroatoms. The van der Waals surface area contributed by atoms with Crippen molar-refractivity contribution in [1.82, 2.24) is 4.90 Å². The molecule has 0 amide bonds. The summed E-state index contributed by atoms with van der Waals surface area (Å²) >= 11 is 0. The molecule has 0 fully saturated rings. The average molecular weight is 281 g/mol. The van der Waals surface area contributed by atoms with Crippen LogP contribution in [0, 0.1) is 0 Å². The topological polar surface area (TPSA) is 114 Å². The van der Waals surface area contributed by atoms with Crippen molar-refractivity contribution >= 4 is 0 Å². The molecule has 5 N–H and O–H groups in total. The van der Waals surface area contributed by atoms with E-state index in [0.29, 0.717) is 19.6 Å². The first-order valence-corrected chi connectivity index (χ1v) is 6.50. The molecule has 0 aliphatic heterocycles. The van der Waals surface area contributed by atoms with Crippen molar-refractivity contribution in [2.24, 2.45) is 0 Å². The lowest BCUT2D eigenvalue weighted by Crippen LogP contribution is -2.46. The van der Waals surface area contributed by atoms with Crippen molar-refractivity contribution in [2.45, 2.75) is 37.8 Å². The zero-order valence-electron chi connectivity index (χ0n) is 11.6. The van der Waals surface area contributed by atoms with E-state index >= 15 is 0 Å². The van der Waals surface area contributed by atoms with Gasteiger partial charge in [-0.05, 0) is 6.42 Å². The SMILES string of the molecule is CC[C@@H](O)[C@@H](O)CN(CCOC)C[C@H](O)[C@H](O)CO. The van der Waals surface area contributed by atoms with Gasteiger partial charge in [0.15, 0.2) is 0 Å². The van der Waals surface area contributed by atoms with Crippen LogP contribution in [-0.2, 0) is 4.74 Å². The van der Waals surface area contributed by atoms with E-state index in [4.69, 9.17) is 9.84 Å². The Balaban J connectivity index is 4.36. The van der Waals surface area contributed by atoms with Gasteiger partial charge in [0.05, 0.1) is 31.5 Å². The van der Waals surface area contributed by atoms with Crippen molar-refractivity contribution in [3.8, 4) is 0 Å². The van der Waals surface area contributed by atoms with Crippen LogP contribution in [0.1, 0.15) is 13.3 Å². The first-order chi connectivity index (χ1) is 8.96. The Kier molecular flexibility index (Phi) is 10.3. The predicted molar refractivity (Wildman–Crippen MR) is 69.7 cm³/mol. The summed E-state index contributed by atoms with van der Waals surface area (Å²) < 4.78 is 4.93. The van der Waals surface area contributed by atoms with E-state index in [1.54, 1.807) is 11.8 Å². The van der Waals surface area contributed by atoms with Crippen molar-refractivity contribution in [1.29, 1.82) is 0 Å². The molecule has 0 bridgehead atoms. The molecule has 116 valence electrons. The Hall–Kier alpha value is -0.280. The van der Waals surface area contributed by atoms with Crippen LogP contribution in [0.5, 0.6) is 0 Å². The maximum atomic E-state index is 9.77. The summed E-state index contributed by atoms with van der Waals surface area (Å²) in [4.78, 5) is 1.68. The van der Waals surface area contributed by atoms with Gasteiger partial charge in [-0.2, -0.15) is 0 Å². The number of ether oxygens (including phenoxy) is 1. The second kappa shape index (κ2) is 10.5. The van der Waals surface area contributed by atoms with E-state index in [0.717, 1.165) is 0 Å². The molecule has 4 atom stereocenters. The molecule has 7 nitrogen and oxygen atoms in total. The van der Waals surface area contributed by atoms with Gasteiger partial charge in [0.1, 0.15) is 6.10 Å². The van der Waals surface area contributed by atoms with E-state index in [-0.39, 0.29) is 13.1 Å². The van der Waals surface area contributed by atoms with Gasteiger partial charge in [-0.15, -0.1) is 0 Å². The van der Waals surface area contributed by atoms with Gasteiger partial charge in [-0.1, -0.05) is 6.92 Å². The van der Waals surface area contributed by atoms with Gasteiger partial charge in [-0.3, -0.25) is 4.90 Å². The van der Waals surface area contributed by atoms with Gasteiger partial charge in [0, 0.05) is 26.7 Å². The molecule has 0 heterocycles. The van der Waals surface area contributed by atoms with Crippen LogP contribution in [0.2, 0.25) is 0 Å². The highest BCUT2D eigenvalue weighted by atomic mass is 16.5. The second-order valence-corrected chi connectivity index (χ2v) is 4.61. The van der Waals surface area contributed by atoms with Gasteiger partial charge in [-0.25, -0.2) is 0 Å². The van der Waals surface area contributed by atoms with E-state index < -0.39 is 31.0 Å². The monoisotopic (exact) mass is 281 g/mol. The predicted octanol–water partition coefficient (Wildman–Crippen LogP) is -2.22. The van der Waals surface area contributed by atoms with Crippen molar-refractivity contribution in [2.75, 3.05) is 40.0 Å². The van der Waals surface area contributed by atoms with E-state index in [1.807, 2.05) is 0 Å². The lowest BCUT2D eigenvalue weighted by molar-refractivity contribution is -0.0488. The molecule has 0 aromatic carbocycles. The summed E-state index contributed by atoms with van der Waals surface area (Å²) in [6, 6.07) is 0. The third kappa shape index (κ3) is 7.78. The molecule has 0 spiro atoms. The molecule has 0 aliphatic rings. The molecule has 0 rings (SSSR count). The number of hydrogen-bond acceptors (Lipinski definition) is 7. The molecule has 0 radical (unpaired) electrons. The standard InChI is InChI=1S/C12H27NO6/c1-3-9(15)10(16)6-13(4-5-19-2)7-11(17)12(18)8-14/h9-12,14-18H,3-8H2,1-2H3/t9-,10+,11+,12-/m1/s1. The molecule has 0 unspecified atom stereocenters. The van der Waals surface area contributed by atoms with Gasteiger partial charge < -0.3 is 30.3 Å². The fourth-order valence-electron chi connectivity index (χ4n) is 1.64. The van der Waals surface area contributed by atoms with Crippen LogP contribution in [0.4, 0.5) is 0 Å². The lowest BCUT2D eigenvalue weighted by atomic mass is 10.1. The highest BCUT2D eigenvalue weighted by molar-refractivity contribution is 4.76. The molecule has 0 saturated heterocycles. The van der Waals surface area contributed by atoms with Crippen molar-refractivity contribution in [3.05, 3.63) is 0 Å². The maximum Gasteiger partial charge on any atom is 0.104 e. The Morgan fingerprint density at radius 1 is 0.947 bits per heavy atom. The fraction of sp³-hybridized carbons (Fsp3) is 1.00. The second-order valence-electron chi connectivity index (χ2n) is 4.61. The molecule has 0 aromatic heterocycles. The minimum Gasteiger partial charge on any atom is -0.394 e. The number of hydrogen-bond donors (Lipinski definition) is 5. The molecule has 0 aliphatic carbocycles. The van der Waals surface area contributed by atoms with Crippen LogP contribution in [-0.4, -0.2) is 94.8 Å². The van der Waals surface area contributed by atoms with Crippen molar-refractivity contribution < 1.29 is 30.3 Å². The molecular weight excluding hydrogens is 254 g/mol. The van der Waals surface area contributed by atoms with Crippen LogP contribution < -0.4 is 0 Å². The highest BCUT2D eigenvalue weighted by Crippen LogP contribution is 2.04.